The minimum atomic E-state index is -0.339. The number of thioether (sulfide) groups is 1. The molecule has 17 heavy (non-hydrogen) atoms. The van der Waals surface area contributed by atoms with Crippen molar-refractivity contribution >= 4 is 28.9 Å². The Morgan fingerprint density at radius 2 is 2.24 bits per heavy atom. The van der Waals surface area contributed by atoms with Gasteiger partial charge in [-0.3, -0.25) is 9.79 Å². The zero-order valence-corrected chi connectivity index (χ0v) is 10.1. The number of amidine groups is 1. The molecule has 0 atom stereocenters. The molecule has 1 fully saturated rings. The molecule has 1 aliphatic heterocycles. The molecule has 1 aromatic carbocycles. The third-order valence-electron chi connectivity index (χ3n) is 2.14. The average Bonchev–Trinajstić information content (AvgIpc) is 2.63. The highest BCUT2D eigenvalue weighted by Crippen LogP contribution is 2.26. The first-order chi connectivity index (χ1) is 8.20. The zero-order chi connectivity index (χ0) is 12.3. The summed E-state index contributed by atoms with van der Waals surface area (Å²) in [6, 6.07) is 6.34. The maximum Gasteiger partial charge on any atom is 0.264 e. The normalized spacial score (nSPS) is 20.0. The van der Waals surface area contributed by atoms with Crippen molar-refractivity contribution < 1.29 is 9.18 Å². The molecule has 0 aliphatic carbocycles. The summed E-state index contributed by atoms with van der Waals surface area (Å²) in [7, 11) is 0. The zero-order valence-electron chi connectivity index (χ0n) is 9.24. The van der Waals surface area contributed by atoms with E-state index in [9.17, 15) is 9.18 Å². The van der Waals surface area contributed by atoms with Gasteiger partial charge in [0.25, 0.3) is 5.91 Å². The number of nitrogens with zero attached hydrogens (tertiary/aromatic N) is 1. The second-order valence-electron chi connectivity index (χ2n) is 3.37. The number of halogens is 1. The van der Waals surface area contributed by atoms with Gasteiger partial charge in [-0.1, -0.05) is 18.2 Å². The molecule has 1 saturated heterocycles. The van der Waals surface area contributed by atoms with Crippen LogP contribution < -0.4 is 5.32 Å². The number of hydrogen-bond donors (Lipinski definition) is 1. The fraction of sp³-hybridized carbons (Fsp3) is 0.167. The lowest BCUT2D eigenvalue weighted by molar-refractivity contribution is -0.115. The molecular formula is C12H11FN2OS. The molecule has 88 valence electrons. The molecule has 0 unspecified atom stereocenters. The first-order valence-corrected chi connectivity index (χ1v) is 6.02. The molecule has 0 saturated carbocycles. The van der Waals surface area contributed by atoms with Crippen molar-refractivity contribution in [2.24, 2.45) is 4.99 Å². The van der Waals surface area contributed by atoms with Gasteiger partial charge in [-0.25, -0.2) is 4.39 Å². The Morgan fingerprint density at radius 1 is 1.47 bits per heavy atom. The minimum absolute atomic E-state index is 0.231. The quantitative estimate of drug-likeness (QED) is 0.819. The summed E-state index contributed by atoms with van der Waals surface area (Å²) in [6.07, 6.45) is 1.54. The molecule has 1 heterocycles. The Kier molecular flexibility index (Phi) is 3.58. The van der Waals surface area contributed by atoms with Crippen LogP contribution in [0.25, 0.3) is 6.08 Å². The van der Waals surface area contributed by atoms with Crippen molar-refractivity contribution in [2.45, 2.75) is 6.92 Å². The highest BCUT2D eigenvalue weighted by Gasteiger charge is 2.23. The fourth-order valence-electron chi connectivity index (χ4n) is 1.38. The molecule has 1 amide bonds. The van der Waals surface area contributed by atoms with Crippen LogP contribution in [0.5, 0.6) is 0 Å². The topological polar surface area (TPSA) is 41.5 Å². The molecule has 1 aliphatic rings. The fourth-order valence-corrected chi connectivity index (χ4v) is 2.25. The summed E-state index contributed by atoms with van der Waals surface area (Å²) in [4.78, 5) is 16.1. The van der Waals surface area contributed by atoms with Crippen LogP contribution in [0.1, 0.15) is 12.5 Å². The van der Waals surface area contributed by atoms with Gasteiger partial charge in [-0.15, -0.1) is 0 Å². The van der Waals surface area contributed by atoms with E-state index < -0.39 is 0 Å². The van der Waals surface area contributed by atoms with Gasteiger partial charge in [-0.2, -0.15) is 0 Å². The van der Waals surface area contributed by atoms with Gasteiger partial charge in [0.15, 0.2) is 5.17 Å². The molecule has 0 spiro atoms. The molecule has 2 rings (SSSR count). The Morgan fingerprint density at radius 3 is 2.94 bits per heavy atom. The number of carbonyl (C=O) groups excluding carboxylic acids is 1. The molecule has 3 nitrogen and oxygen atoms in total. The summed E-state index contributed by atoms with van der Waals surface area (Å²) < 4.78 is 13.4. The third-order valence-corrected chi connectivity index (χ3v) is 3.09. The van der Waals surface area contributed by atoms with Gasteiger partial charge in [0.2, 0.25) is 0 Å². The Hall–Kier alpha value is -1.62. The summed E-state index contributed by atoms with van der Waals surface area (Å²) in [5, 5.41) is 3.20. The standard InChI is InChI=1S/C12H11FN2OS/c1-2-14-12-15-11(16)10(17-12)7-8-5-3-4-6-9(8)13/h3-7H,2H2,1H3,(H,14,15,16)/b10-7-. The van der Waals surface area contributed by atoms with Gasteiger partial charge in [0.1, 0.15) is 5.82 Å². The maximum absolute atomic E-state index is 13.4. The van der Waals surface area contributed by atoms with Crippen molar-refractivity contribution in [3.63, 3.8) is 0 Å². The van der Waals surface area contributed by atoms with Crippen molar-refractivity contribution in [3.8, 4) is 0 Å². The van der Waals surface area contributed by atoms with E-state index in [1.165, 1.54) is 23.9 Å². The second kappa shape index (κ2) is 5.14. The molecule has 5 heteroatoms. The number of aliphatic imine (C=N–C) groups is 1. The van der Waals surface area contributed by atoms with Gasteiger partial charge in [0, 0.05) is 12.1 Å². The highest BCUT2D eigenvalue weighted by atomic mass is 32.2. The van der Waals surface area contributed by atoms with Crippen LogP contribution in [-0.2, 0) is 4.79 Å². The third kappa shape index (κ3) is 2.74. The summed E-state index contributed by atoms with van der Waals surface area (Å²) in [6.45, 7) is 2.49. The lowest BCUT2D eigenvalue weighted by atomic mass is 10.2. The van der Waals surface area contributed by atoms with Crippen LogP contribution in [0.15, 0.2) is 34.2 Å². The molecular weight excluding hydrogens is 239 g/mol. The number of nitrogens with one attached hydrogen (secondary N) is 1. The smallest absolute Gasteiger partial charge is 0.264 e. The van der Waals surface area contributed by atoms with E-state index >= 15 is 0 Å². The van der Waals surface area contributed by atoms with E-state index in [1.807, 2.05) is 6.92 Å². The first-order valence-electron chi connectivity index (χ1n) is 5.20. The largest absolute Gasteiger partial charge is 0.301 e. The lowest BCUT2D eigenvalue weighted by Gasteiger charge is -1.96. The van der Waals surface area contributed by atoms with Crippen LogP contribution in [-0.4, -0.2) is 17.6 Å². The number of benzene rings is 1. The summed E-state index contributed by atoms with van der Waals surface area (Å²) in [5.41, 5.74) is 0.405. The Bertz CT molecular complexity index is 511. The molecule has 1 aromatic rings. The number of amides is 1. The van der Waals surface area contributed by atoms with Crippen LogP contribution in [0.2, 0.25) is 0 Å². The monoisotopic (exact) mass is 250 g/mol. The molecule has 0 radical (unpaired) electrons. The predicted octanol–water partition coefficient (Wildman–Crippen LogP) is 2.41. The van der Waals surface area contributed by atoms with E-state index in [4.69, 9.17) is 0 Å². The van der Waals surface area contributed by atoms with Gasteiger partial charge in [-0.05, 0) is 30.8 Å². The molecule has 1 N–H and O–H groups in total. The van der Waals surface area contributed by atoms with Crippen LogP contribution >= 0.6 is 11.8 Å². The van der Waals surface area contributed by atoms with Gasteiger partial charge < -0.3 is 5.32 Å². The van der Waals surface area contributed by atoms with Gasteiger partial charge in [0.05, 0.1) is 4.91 Å². The van der Waals surface area contributed by atoms with Gasteiger partial charge >= 0.3 is 0 Å². The van der Waals surface area contributed by atoms with Crippen molar-refractivity contribution in [3.05, 3.63) is 40.6 Å². The Balaban J connectivity index is 2.27. The van der Waals surface area contributed by atoms with E-state index in [0.717, 1.165) is 0 Å². The van der Waals surface area contributed by atoms with E-state index in [0.29, 0.717) is 22.2 Å². The summed E-state index contributed by atoms with van der Waals surface area (Å²) >= 11 is 1.23. The molecule has 0 aromatic heterocycles. The van der Waals surface area contributed by atoms with E-state index in [-0.39, 0.29) is 11.7 Å². The SMILES string of the molecule is CCN=C1NC(=O)/C(=C/c2ccccc2F)S1. The van der Waals surface area contributed by atoms with E-state index in [2.05, 4.69) is 10.3 Å². The first kappa shape index (κ1) is 11.9. The number of rotatable bonds is 2. The number of hydrogen-bond acceptors (Lipinski definition) is 3. The van der Waals surface area contributed by atoms with Crippen LogP contribution in [0, 0.1) is 5.82 Å². The van der Waals surface area contributed by atoms with Crippen molar-refractivity contribution in [2.75, 3.05) is 6.54 Å². The number of carbonyl (C=O) groups is 1. The highest BCUT2D eigenvalue weighted by molar-refractivity contribution is 8.18. The minimum Gasteiger partial charge on any atom is -0.301 e. The van der Waals surface area contributed by atoms with Crippen molar-refractivity contribution in [1.82, 2.24) is 5.32 Å². The predicted molar refractivity (Wildman–Crippen MR) is 68.1 cm³/mol. The lowest BCUT2D eigenvalue weighted by Crippen LogP contribution is -2.19. The van der Waals surface area contributed by atoms with Crippen molar-refractivity contribution in [1.29, 1.82) is 0 Å². The van der Waals surface area contributed by atoms with E-state index in [1.54, 1.807) is 18.2 Å². The Labute approximate surface area is 103 Å². The van der Waals surface area contributed by atoms with Crippen LogP contribution in [0.4, 0.5) is 4.39 Å². The average molecular weight is 250 g/mol. The van der Waals surface area contributed by atoms with Crippen LogP contribution in [0.3, 0.4) is 0 Å². The summed E-state index contributed by atoms with van der Waals surface area (Å²) in [5.74, 6) is -0.570. The second-order valence-corrected chi connectivity index (χ2v) is 4.40. The maximum atomic E-state index is 13.4. The molecule has 0 bridgehead atoms.